The minimum Gasteiger partial charge on any atom is -0.497 e. The molecule has 106 valence electrons. The number of rotatable bonds is 5. The van der Waals surface area contributed by atoms with Gasteiger partial charge in [0.05, 0.1) is 20.3 Å². The average Bonchev–Trinajstić information content (AvgIpc) is 2.94. The second kappa shape index (κ2) is 6.29. The molecule has 0 spiro atoms. The third-order valence-electron chi connectivity index (χ3n) is 4.36. The molecule has 0 aliphatic heterocycles. The molecule has 1 aromatic carbocycles. The van der Waals surface area contributed by atoms with E-state index >= 15 is 0 Å². The largest absolute Gasteiger partial charge is 0.497 e. The molecule has 3 nitrogen and oxygen atoms in total. The zero-order valence-electron chi connectivity index (χ0n) is 12.1. The highest BCUT2D eigenvalue weighted by Crippen LogP contribution is 2.43. The molecule has 2 rings (SSSR count). The summed E-state index contributed by atoms with van der Waals surface area (Å²) in [5, 5.41) is 10.6. The molecular formula is C16H24O3. The average molecular weight is 264 g/mol. The van der Waals surface area contributed by atoms with E-state index in [1.807, 2.05) is 18.2 Å². The van der Waals surface area contributed by atoms with E-state index in [-0.39, 0.29) is 0 Å². The Balaban J connectivity index is 2.20. The van der Waals surface area contributed by atoms with Crippen LogP contribution in [-0.2, 0) is 0 Å². The van der Waals surface area contributed by atoms with Crippen molar-refractivity contribution in [3.63, 3.8) is 0 Å². The first-order valence-corrected chi connectivity index (χ1v) is 7.09. The maximum Gasteiger partial charge on any atom is 0.124 e. The fourth-order valence-corrected chi connectivity index (χ4v) is 3.10. The van der Waals surface area contributed by atoms with E-state index in [1.165, 1.54) is 12.8 Å². The van der Waals surface area contributed by atoms with E-state index in [2.05, 4.69) is 6.92 Å². The van der Waals surface area contributed by atoms with Crippen LogP contribution < -0.4 is 9.47 Å². The van der Waals surface area contributed by atoms with Gasteiger partial charge in [-0.05, 0) is 42.9 Å². The van der Waals surface area contributed by atoms with Crippen LogP contribution in [0.25, 0.3) is 0 Å². The summed E-state index contributed by atoms with van der Waals surface area (Å²) >= 11 is 0. The SMILES string of the molecule is CCC1CCC(C(O)c2cc(OC)ccc2OC)C1. The van der Waals surface area contributed by atoms with Crippen LogP contribution in [0.4, 0.5) is 0 Å². The van der Waals surface area contributed by atoms with Crippen LogP contribution in [0.2, 0.25) is 0 Å². The van der Waals surface area contributed by atoms with Crippen molar-refractivity contribution in [2.75, 3.05) is 14.2 Å². The van der Waals surface area contributed by atoms with E-state index in [0.717, 1.165) is 35.8 Å². The molecule has 1 aromatic rings. The Hall–Kier alpha value is -1.22. The van der Waals surface area contributed by atoms with Crippen LogP contribution in [0.15, 0.2) is 18.2 Å². The van der Waals surface area contributed by atoms with Crippen molar-refractivity contribution in [2.45, 2.75) is 38.7 Å². The minimum atomic E-state index is -0.457. The molecule has 1 fully saturated rings. The third-order valence-corrected chi connectivity index (χ3v) is 4.36. The molecule has 0 bridgehead atoms. The fourth-order valence-electron chi connectivity index (χ4n) is 3.10. The molecule has 1 aliphatic carbocycles. The quantitative estimate of drug-likeness (QED) is 0.883. The van der Waals surface area contributed by atoms with Crippen molar-refractivity contribution in [3.8, 4) is 11.5 Å². The van der Waals surface area contributed by atoms with Crippen LogP contribution in [-0.4, -0.2) is 19.3 Å². The van der Waals surface area contributed by atoms with Gasteiger partial charge in [-0.3, -0.25) is 0 Å². The number of ether oxygens (including phenoxy) is 2. The summed E-state index contributed by atoms with van der Waals surface area (Å²) in [6, 6.07) is 5.62. The van der Waals surface area contributed by atoms with Gasteiger partial charge in [-0.1, -0.05) is 19.8 Å². The van der Waals surface area contributed by atoms with Gasteiger partial charge >= 0.3 is 0 Å². The summed E-state index contributed by atoms with van der Waals surface area (Å²) in [5.74, 6) is 2.61. The molecule has 19 heavy (non-hydrogen) atoms. The molecular weight excluding hydrogens is 240 g/mol. The molecule has 3 heteroatoms. The van der Waals surface area contributed by atoms with E-state index in [9.17, 15) is 5.11 Å². The first-order valence-electron chi connectivity index (χ1n) is 7.09. The van der Waals surface area contributed by atoms with Crippen LogP contribution in [0.1, 0.15) is 44.3 Å². The molecule has 3 atom stereocenters. The van der Waals surface area contributed by atoms with Gasteiger partial charge in [-0.15, -0.1) is 0 Å². The summed E-state index contributed by atoms with van der Waals surface area (Å²) in [6.07, 6.45) is 4.18. The number of aliphatic hydroxyl groups excluding tert-OH is 1. The number of methoxy groups -OCH3 is 2. The topological polar surface area (TPSA) is 38.7 Å². The molecule has 0 heterocycles. The van der Waals surface area contributed by atoms with Crippen molar-refractivity contribution < 1.29 is 14.6 Å². The summed E-state index contributed by atoms with van der Waals surface area (Å²) in [7, 11) is 3.28. The zero-order valence-corrected chi connectivity index (χ0v) is 12.1. The van der Waals surface area contributed by atoms with Crippen molar-refractivity contribution in [1.82, 2.24) is 0 Å². The Kier molecular flexibility index (Phi) is 4.70. The van der Waals surface area contributed by atoms with Crippen LogP contribution >= 0.6 is 0 Å². The Labute approximate surface area is 115 Å². The van der Waals surface area contributed by atoms with Gasteiger partial charge in [-0.25, -0.2) is 0 Å². The van der Waals surface area contributed by atoms with E-state index in [4.69, 9.17) is 9.47 Å². The van der Waals surface area contributed by atoms with Crippen LogP contribution in [0.3, 0.4) is 0 Å². The summed E-state index contributed by atoms with van der Waals surface area (Å²) < 4.78 is 10.6. The van der Waals surface area contributed by atoms with Crippen molar-refractivity contribution in [3.05, 3.63) is 23.8 Å². The number of hydrogen-bond acceptors (Lipinski definition) is 3. The molecule has 0 aromatic heterocycles. The first kappa shape index (κ1) is 14.2. The monoisotopic (exact) mass is 264 g/mol. The third kappa shape index (κ3) is 3.03. The lowest BCUT2D eigenvalue weighted by Crippen LogP contribution is -2.11. The van der Waals surface area contributed by atoms with Gasteiger partial charge in [0.25, 0.3) is 0 Å². The predicted octanol–water partition coefficient (Wildman–Crippen LogP) is 3.56. The maximum absolute atomic E-state index is 10.6. The highest BCUT2D eigenvalue weighted by molar-refractivity contribution is 5.42. The molecule has 3 unspecified atom stereocenters. The van der Waals surface area contributed by atoms with Crippen molar-refractivity contribution in [2.24, 2.45) is 11.8 Å². The van der Waals surface area contributed by atoms with E-state index < -0.39 is 6.10 Å². The Morgan fingerprint density at radius 3 is 2.63 bits per heavy atom. The highest BCUT2D eigenvalue weighted by Gasteiger charge is 2.31. The van der Waals surface area contributed by atoms with Gasteiger partial charge in [0.2, 0.25) is 0 Å². The van der Waals surface area contributed by atoms with Gasteiger partial charge in [0.15, 0.2) is 0 Å². The molecule has 0 radical (unpaired) electrons. The highest BCUT2D eigenvalue weighted by atomic mass is 16.5. The molecule has 0 saturated heterocycles. The second-order valence-corrected chi connectivity index (χ2v) is 5.40. The van der Waals surface area contributed by atoms with Gasteiger partial charge in [-0.2, -0.15) is 0 Å². The second-order valence-electron chi connectivity index (χ2n) is 5.40. The molecule has 1 aliphatic rings. The summed E-state index contributed by atoms with van der Waals surface area (Å²) in [4.78, 5) is 0. The van der Waals surface area contributed by atoms with E-state index in [0.29, 0.717) is 5.92 Å². The van der Waals surface area contributed by atoms with Crippen LogP contribution in [0, 0.1) is 11.8 Å². The maximum atomic E-state index is 10.6. The van der Waals surface area contributed by atoms with E-state index in [1.54, 1.807) is 14.2 Å². The normalized spacial score (nSPS) is 24.2. The minimum absolute atomic E-state index is 0.339. The fraction of sp³-hybridized carbons (Fsp3) is 0.625. The molecule has 0 amide bonds. The lowest BCUT2D eigenvalue weighted by Gasteiger charge is -2.21. The van der Waals surface area contributed by atoms with Gasteiger partial charge in [0, 0.05) is 5.56 Å². The number of hydrogen-bond donors (Lipinski definition) is 1. The standard InChI is InChI=1S/C16H24O3/c1-4-11-5-6-12(9-11)16(17)14-10-13(18-2)7-8-15(14)19-3/h7-8,10-12,16-17H,4-6,9H2,1-3H3. The Morgan fingerprint density at radius 2 is 2.05 bits per heavy atom. The smallest absolute Gasteiger partial charge is 0.124 e. The summed E-state index contributed by atoms with van der Waals surface area (Å²) in [5.41, 5.74) is 0.851. The van der Waals surface area contributed by atoms with Crippen molar-refractivity contribution >= 4 is 0 Å². The zero-order chi connectivity index (χ0) is 13.8. The van der Waals surface area contributed by atoms with Gasteiger partial charge in [0.1, 0.15) is 11.5 Å². The first-order chi connectivity index (χ1) is 9.19. The van der Waals surface area contributed by atoms with Gasteiger partial charge < -0.3 is 14.6 Å². The molecule has 1 N–H and O–H groups in total. The lowest BCUT2D eigenvalue weighted by atomic mass is 9.92. The van der Waals surface area contributed by atoms with Crippen molar-refractivity contribution in [1.29, 1.82) is 0 Å². The van der Waals surface area contributed by atoms with Crippen LogP contribution in [0.5, 0.6) is 11.5 Å². The summed E-state index contributed by atoms with van der Waals surface area (Å²) in [6.45, 7) is 2.23. The number of aliphatic hydroxyl groups is 1. The molecule has 1 saturated carbocycles. The predicted molar refractivity (Wildman–Crippen MR) is 75.6 cm³/mol. The Bertz CT molecular complexity index is 416. The Morgan fingerprint density at radius 1 is 1.26 bits per heavy atom. The lowest BCUT2D eigenvalue weighted by molar-refractivity contribution is 0.106. The number of benzene rings is 1.